The molecule has 2 bridgehead atoms. The lowest BCUT2D eigenvalue weighted by Crippen LogP contribution is -2.52. The van der Waals surface area contributed by atoms with Crippen molar-refractivity contribution in [3.8, 4) is 0 Å². The Balaban J connectivity index is 1.21. The molecule has 4 aromatic rings. The highest BCUT2D eigenvalue weighted by atomic mass is 19.1. The van der Waals surface area contributed by atoms with Gasteiger partial charge in [-0.25, -0.2) is 18.7 Å². The summed E-state index contributed by atoms with van der Waals surface area (Å²) in [5.41, 5.74) is 1.59. The van der Waals surface area contributed by atoms with Gasteiger partial charge in [0.25, 0.3) is 11.8 Å². The molecular formula is C25H26FN7O4. The minimum atomic E-state index is -0.728. The van der Waals surface area contributed by atoms with E-state index in [1.54, 1.807) is 25.2 Å². The Hall–Kier alpha value is -4.06. The number of piperidine rings is 3. The van der Waals surface area contributed by atoms with Crippen LogP contribution < -0.4 is 16.4 Å². The van der Waals surface area contributed by atoms with Crippen LogP contribution in [0.2, 0.25) is 0 Å². The fourth-order valence-corrected chi connectivity index (χ4v) is 5.29. The molecule has 6 heterocycles. The number of rotatable bonds is 6. The number of amides is 2. The molecule has 0 spiro atoms. The number of carbonyl (C=O) groups is 2. The second kappa shape index (κ2) is 8.80. The summed E-state index contributed by atoms with van der Waals surface area (Å²) < 4.78 is 22.0. The average Bonchev–Trinajstić information content (AvgIpc) is 3.44. The zero-order chi connectivity index (χ0) is 25.7. The van der Waals surface area contributed by atoms with Crippen molar-refractivity contribution in [2.45, 2.75) is 25.8 Å². The van der Waals surface area contributed by atoms with E-state index in [9.17, 15) is 18.8 Å². The van der Waals surface area contributed by atoms with Crippen molar-refractivity contribution in [1.29, 1.82) is 0 Å². The highest BCUT2D eigenvalue weighted by Gasteiger charge is 2.39. The first-order chi connectivity index (χ1) is 17.8. The van der Waals surface area contributed by atoms with Crippen molar-refractivity contribution in [2.75, 3.05) is 26.2 Å². The van der Waals surface area contributed by atoms with Crippen molar-refractivity contribution in [3.63, 3.8) is 0 Å². The number of carbonyl (C=O) groups excluding carboxylic acids is 2. The largest absolute Gasteiger partial charge is 0.419 e. The summed E-state index contributed by atoms with van der Waals surface area (Å²) in [5.74, 6) is -2.21. The van der Waals surface area contributed by atoms with Crippen LogP contribution in [0.25, 0.3) is 16.7 Å². The molecule has 7 rings (SSSR count). The quantitative estimate of drug-likeness (QED) is 0.405. The third-order valence-corrected chi connectivity index (χ3v) is 7.70. The summed E-state index contributed by atoms with van der Waals surface area (Å²) >= 11 is 0. The lowest BCUT2D eigenvalue weighted by atomic mass is 9.72. The number of aryl methyl sites for hydroxylation is 1. The van der Waals surface area contributed by atoms with E-state index in [2.05, 4.69) is 25.6 Å². The minimum absolute atomic E-state index is 0.0403. The van der Waals surface area contributed by atoms with E-state index in [0.29, 0.717) is 17.6 Å². The van der Waals surface area contributed by atoms with Gasteiger partial charge in [0.2, 0.25) is 0 Å². The summed E-state index contributed by atoms with van der Waals surface area (Å²) in [6.07, 6.45) is 4.06. The van der Waals surface area contributed by atoms with Crippen molar-refractivity contribution in [2.24, 2.45) is 12.5 Å². The maximum atomic E-state index is 14.4. The van der Waals surface area contributed by atoms with Gasteiger partial charge in [-0.3, -0.25) is 14.2 Å². The Morgan fingerprint density at radius 3 is 2.62 bits per heavy atom. The van der Waals surface area contributed by atoms with E-state index in [0.717, 1.165) is 55.2 Å². The SMILES string of the molecule is Cn1c(=O)oc2ccc(CNC(=O)c3cc(C(=O)NCC45CCN(CC4)CC5)n4ncc(F)c4n3)cc21. The van der Waals surface area contributed by atoms with Crippen molar-refractivity contribution in [3.05, 3.63) is 63.8 Å². The molecule has 37 heavy (non-hydrogen) atoms. The number of halogens is 1. The second-order valence-electron chi connectivity index (χ2n) is 9.94. The van der Waals surface area contributed by atoms with Crippen LogP contribution in [0.1, 0.15) is 45.8 Å². The Kier molecular flexibility index (Phi) is 5.55. The van der Waals surface area contributed by atoms with E-state index in [1.165, 1.54) is 10.6 Å². The Morgan fingerprint density at radius 1 is 1.11 bits per heavy atom. The standard InChI is InChI=1S/C25H26FN7O4/c1-31-18-10-15(2-3-20(18)37-24(31)36)12-27-22(34)17-11-19(33-21(30-17)16(26)13-29-33)23(35)28-14-25-4-7-32(8-5-25)9-6-25/h2-3,10-11,13H,4-9,12,14H2,1H3,(H,27,34)(H,28,35). The molecule has 0 atom stereocenters. The lowest BCUT2D eigenvalue weighted by Gasteiger charge is -2.48. The van der Waals surface area contributed by atoms with E-state index >= 15 is 0 Å². The van der Waals surface area contributed by atoms with Gasteiger partial charge in [-0.15, -0.1) is 0 Å². The van der Waals surface area contributed by atoms with Gasteiger partial charge in [-0.05, 0) is 62.0 Å². The first-order valence-electron chi connectivity index (χ1n) is 12.2. The molecule has 192 valence electrons. The van der Waals surface area contributed by atoms with E-state index in [4.69, 9.17) is 4.42 Å². The van der Waals surface area contributed by atoms with E-state index < -0.39 is 23.4 Å². The maximum absolute atomic E-state index is 14.4. The molecule has 0 unspecified atom stereocenters. The predicted octanol–water partition coefficient (Wildman–Crippen LogP) is 1.46. The van der Waals surface area contributed by atoms with Gasteiger partial charge in [0.05, 0.1) is 11.7 Å². The van der Waals surface area contributed by atoms with Crippen molar-refractivity contribution < 1.29 is 18.4 Å². The molecule has 3 saturated heterocycles. The number of benzene rings is 1. The molecule has 0 aliphatic carbocycles. The van der Waals surface area contributed by atoms with Crippen LogP contribution in [0.15, 0.2) is 39.7 Å². The highest BCUT2D eigenvalue weighted by Crippen LogP contribution is 2.39. The number of hydrogen-bond acceptors (Lipinski definition) is 7. The van der Waals surface area contributed by atoms with Crippen LogP contribution in [-0.4, -0.2) is 62.1 Å². The first-order valence-corrected chi connectivity index (χ1v) is 12.2. The van der Waals surface area contributed by atoms with Crippen LogP contribution >= 0.6 is 0 Å². The number of hydrogen-bond donors (Lipinski definition) is 2. The van der Waals surface area contributed by atoms with Crippen LogP contribution in [0.3, 0.4) is 0 Å². The van der Waals surface area contributed by atoms with Gasteiger partial charge in [0, 0.05) is 26.2 Å². The number of aromatic nitrogens is 4. The molecule has 3 aliphatic heterocycles. The number of nitrogens with zero attached hydrogens (tertiary/aromatic N) is 5. The Morgan fingerprint density at radius 2 is 1.86 bits per heavy atom. The molecule has 1 aromatic carbocycles. The van der Waals surface area contributed by atoms with Gasteiger partial charge < -0.3 is 20.0 Å². The molecule has 2 amide bonds. The van der Waals surface area contributed by atoms with Gasteiger partial charge >= 0.3 is 5.76 Å². The average molecular weight is 508 g/mol. The molecule has 2 N–H and O–H groups in total. The molecule has 11 nitrogen and oxygen atoms in total. The van der Waals surface area contributed by atoms with E-state index in [-0.39, 0.29) is 29.0 Å². The third kappa shape index (κ3) is 4.16. The smallest absolute Gasteiger partial charge is 0.408 e. The molecular weight excluding hydrogens is 481 g/mol. The number of oxazole rings is 1. The van der Waals surface area contributed by atoms with Crippen molar-refractivity contribution in [1.82, 2.24) is 34.7 Å². The highest BCUT2D eigenvalue weighted by molar-refractivity contribution is 5.98. The summed E-state index contributed by atoms with van der Waals surface area (Å²) in [5, 5.41) is 9.70. The maximum Gasteiger partial charge on any atom is 0.419 e. The topological polar surface area (TPSA) is 127 Å². The lowest BCUT2D eigenvalue weighted by molar-refractivity contribution is 0.0261. The number of nitrogens with one attached hydrogen (secondary N) is 2. The fourth-order valence-electron chi connectivity index (χ4n) is 5.29. The molecule has 3 fully saturated rings. The zero-order valence-corrected chi connectivity index (χ0v) is 20.3. The molecule has 0 radical (unpaired) electrons. The van der Waals surface area contributed by atoms with Gasteiger partial charge in [0.15, 0.2) is 17.0 Å². The molecule has 3 aliphatic rings. The summed E-state index contributed by atoms with van der Waals surface area (Å²) in [6.45, 7) is 3.76. The van der Waals surface area contributed by atoms with E-state index in [1.807, 2.05) is 0 Å². The normalized spacial score (nSPS) is 21.0. The predicted molar refractivity (Wildman–Crippen MR) is 131 cm³/mol. The van der Waals surface area contributed by atoms with Crippen LogP contribution in [0.4, 0.5) is 4.39 Å². The summed E-state index contributed by atoms with van der Waals surface area (Å²) in [4.78, 5) is 44.4. The van der Waals surface area contributed by atoms with Crippen molar-refractivity contribution >= 4 is 28.6 Å². The second-order valence-corrected chi connectivity index (χ2v) is 9.94. The molecule has 3 aromatic heterocycles. The first kappa shape index (κ1) is 23.3. The molecule has 12 heteroatoms. The Labute approximate surface area is 210 Å². The number of fused-ring (bicyclic) bond motifs is 5. The minimum Gasteiger partial charge on any atom is -0.408 e. The van der Waals surface area contributed by atoms with Gasteiger partial charge in [0.1, 0.15) is 11.4 Å². The zero-order valence-electron chi connectivity index (χ0n) is 20.3. The van der Waals surface area contributed by atoms with Gasteiger partial charge in [-0.2, -0.15) is 5.10 Å². The summed E-state index contributed by atoms with van der Waals surface area (Å²) in [7, 11) is 1.60. The van der Waals surface area contributed by atoms with Crippen LogP contribution in [-0.2, 0) is 13.6 Å². The van der Waals surface area contributed by atoms with Crippen LogP contribution in [0.5, 0.6) is 0 Å². The fraction of sp³-hybridized carbons (Fsp3) is 0.400. The monoisotopic (exact) mass is 507 g/mol. The summed E-state index contributed by atoms with van der Waals surface area (Å²) in [6, 6.07) is 6.45. The van der Waals surface area contributed by atoms with Crippen LogP contribution in [0, 0.1) is 11.2 Å². The van der Waals surface area contributed by atoms with Gasteiger partial charge in [-0.1, -0.05) is 6.07 Å². The Bertz CT molecular complexity index is 1580. The molecule has 0 saturated carbocycles. The third-order valence-electron chi connectivity index (χ3n) is 7.70.